The number of halogens is 3. The minimum Gasteiger partial charge on any atom is -0.469 e. The highest BCUT2D eigenvalue weighted by Crippen LogP contribution is 2.41. The molecule has 0 aliphatic rings. The minimum atomic E-state index is 0.142. The normalized spacial score (nSPS) is 13.1. The summed E-state index contributed by atoms with van der Waals surface area (Å²) < 4.78 is 6.99. The molecule has 0 bridgehead atoms. The van der Waals surface area contributed by atoms with Gasteiger partial charge in [0.2, 0.25) is 0 Å². The molecule has 0 amide bonds. The summed E-state index contributed by atoms with van der Waals surface area (Å²) in [6.07, 6.45) is 1.76. The second-order valence-corrected chi connectivity index (χ2v) is 6.58. The maximum atomic E-state index is 5.99. The summed E-state index contributed by atoms with van der Waals surface area (Å²) in [5.41, 5.74) is 1.11. The van der Waals surface area contributed by atoms with Gasteiger partial charge in [0.15, 0.2) is 0 Å². The van der Waals surface area contributed by atoms with Gasteiger partial charge in [-0.25, -0.2) is 0 Å². The SMILES string of the molecule is Cc1cc(C(Br)c2cc(Br)c(Cl)s2)co1. The average molecular weight is 370 g/mol. The Morgan fingerprint density at radius 1 is 1.47 bits per heavy atom. The van der Waals surface area contributed by atoms with E-state index in [2.05, 4.69) is 31.9 Å². The van der Waals surface area contributed by atoms with Gasteiger partial charge < -0.3 is 4.42 Å². The highest BCUT2D eigenvalue weighted by molar-refractivity contribution is 9.10. The molecule has 15 heavy (non-hydrogen) atoms. The van der Waals surface area contributed by atoms with Crippen molar-refractivity contribution in [2.24, 2.45) is 0 Å². The Labute approximate surface area is 114 Å². The molecule has 0 spiro atoms. The number of furan rings is 1. The zero-order valence-electron chi connectivity index (χ0n) is 7.76. The van der Waals surface area contributed by atoms with E-state index in [0.29, 0.717) is 0 Å². The molecule has 1 nitrogen and oxygen atoms in total. The Hall–Kier alpha value is 0.230. The van der Waals surface area contributed by atoms with Gasteiger partial charge in [-0.15, -0.1) is 11.3 Å². The second-order valence-electron chi connectivity index (χ2n) is 3.12. The van der Waals surface area contributed by atoms with Crippen LogP contribution in [0.1, 0.15) is 21.0 Å². The fraction of sp³-hybridized carbons (Fsp3) is 0.200. The smallest absolute Gasteiger partial charge is 0.107 e. The molecule has 0 saturated heterocycles. The Bertz CT molecular complexity index is 458. The molecule has 80 valence electrons. The van der Waals surface area contributed by atoms with Crippen molar-refractivity contribution in [2.75, 3.05) is 0 Å². The number of hydrogen-bond donors (Lipinski definition) is 0. The van der Waals surface area contributed by atoms with Crippen molar-refractivity contribution in [3.8, 4) is 0 Å². The monoisotopic (exact) mass is 368 g/mol. The molecule has 0 N–H and O–H groups in total. The first-order valence-corrected chi connectivity index (χ1v) is 7.12. The van der Waals surface area contributed by atoms with Gasteiger partial charge >= 0.3 is 0 Å². The van der Waals surface area contributed by atoms with Crippen molar-refractivity contribution in [3.05, 3.63) is 43.4 Å². The third-order valence-electron chi connectivity index (χ3n) is 1.96. The van der Waals surface area contributed by atoms with Crippen molar-refractivity contribution in [2.45, 2.75) is 11.8 Å². The van der Waals surface area contributed by atoms with Crippen molar-refractivity contribution in [1.82, 2.24) is 0 Å². The summed E-state index contributed by atoms with van der Waals surface area (Å²) >= 11 is 14.6. The van der Waals surface area contributed by atoms with Gasteiger partial charge in [-0.3, -0.25) is 0 Å². The molecule has 0 saturated carbocycles. The van der Waals surface area contributed by atoms with Crippen LogP contribution in [0.4, 0.5) is 0 Å². The van der Waals surface area contributed by atoms with Gasteiger partial charge in [0.1, 0.15) is 10.1 Å². The number of thiophene rings is 1. The number of rotatable bonds is 2. The van der Waals surface area contributed by atoms with Crippen LogP contribution in [-0.2, 0) is 0 Å². The maximum Gasteiger partial charge on any atom is 0.107 e. The molecular weight excluding hydrogens is 363 g/mol. The molecule has 5 heteroatoms. The first kappa shape index (κ1) is 11.7. The second kappa shape index (κ2) is 4.62. The van der Waals surface area contributed by atoms with Gasteiger partial charge in [0.05, 0.1) is 11.1 Å². The van der Waals surface area contributed by atoms with Crippen LogP contribution in [0.15, 0.2) is 27.3 Å². The predicted octanol–water partition coefficient (Wildman–Crippen LogP) is 5.55. The van der Waals surface area contributed by atoms with Crippen LogP contribution < -0.4 is 0 Å². The molecule has 0 aromatic carbocycles. The Kier molecular flexibility index (Phi) is 3.60. The summed E-state index contributed by atoms with van der Waals surface area (Å²) in [5.74, 6) is 0.913. The van der Waals surface area contributed by atoms with Crippen LogP contribution in [0.25, 0.3) is 0 Å². The maximum absolute atomic E-state index is 5.99. The molecule has 2 rings (SSSR count). The van der Waals surface area contributed by atoms with Gasteiger partial charge in [0.25, 0.3) is 0 Å². The zero-order chi connectivity index (χ0) is 11.0. The predicted molar refractivity (Wildman–Crippen MR) is 71.2 cm³/mol. The molecule has 0 fully saturated rings. The van der Waals surface area contributed by atoms with E-state index >= 15 is 0 Å². The lowest BCUT2D eigenvalue weighted by molar-refractivity contribution is 0.532. The highest BCUT2D eigenvalue weighted by atomic mass is 79.9. The lowest BCUT2D eigenvalue weighted by Gasteiger charge is -2.02. The average Bonchev–Trinajstić information content (AvgIpc) is 2.74. The zero-order valence-corrected chi connectivity index (χ0v) is 12.5. The summed E-state index contributed by atoms with van der Waals surface area (Å²) in [6, 6.07) is 4.04. The van der Waals surface area contributed by atoms with E-state index in [4.69, 9.17) is 16.0 Å². The van der Waals surface area contributed by atoms with Gasteiger partial charge in [0, 0.05) is 14.9 Å². The van der Waals surface area contributed by atoms with E-state index in [9.17, 15) is 0 Å². The Morgan fingerprint density at radius 3 is 2.67 bits per heavy atom. The molecule has 0 aliphatic heterocycles. The van der Waals surface area contributed by atoms with Crippen LogP contribution >= 0.6 is 54.8 Å². The topological polar surface area (TPSA) is 13.1 Å². The molecule has 2 aromatic rings. The van der Waals surface area contributed by atoms with E-state index < -0.39 is 0 Å². The van der Waals surface area contributed by atoms with E-state index in [1.165, 1.54) is 0 Å². The molecule has 1 unspecified atom stereocenters. The summed E-state index contributed by atoms with van der Waals surface area (Å²) in [5, 5.41) is 0. The summed E-state index contributed by atoms with van der Waals surface area (Å²) in [4.78, 5) is 1.30. The van der Waals surface area contributed by atoms with Crippen molar-refractivity contribution in [1.29, 1.82) is 0 Å². The third-order valence-corrected chi connectivity index (χ3v) is 5.82. The molecule has 2 aromatic heterocycles. The largest absolute Gasteiger partial charge is 0.469 e. The number of aryl methyl sites for hydroxylation is 1. The minimum absolute atomic E-state index is 0.142. The fourth-order valence-corrected chi connectivity index (χ4v) is 3.64. The standard InChI is InChI=1S/C10H7Br2ClOS/c1-5-2-6(4-14-5)9(12)8-3-7(11)10(13)15-8/h2-4,9H,1H3. The highest BCUT2D eigenvalue weighted by Gasteiger charge is 2.16. The van der Waals surface area contributed by atoms with Crippen LogP contribution in [0.2, 0.25) is 4.34 Å². The third kappa shape index (κ3) is 2.49. The van der Waals surface area contributed by atoms with Crippen LogP contribution in [0.3, 0.4) is 0 Å². The van der Waals surface area contributed by atoms with E-state index in [1.807, 2.05) is 19.1 Å². The number of alkyl halides is 1. The summed E-state index contributed by atoms with van der Waals surface area (Å²) in [6.45, 7) is 1.93. The van der Waals surface area contributed by atoms with Gasteiger partial charge in [-0.05, 0) is 35.0 Å². The Morgan fingerprint density at radius 2 is 2.20 bits per heavy atom. The number of hydrogen-bond acceptors (Lipinski definition) is 2. The van der Waals surface area contributed by atoms with Crippen LogP contribution in [-0.4, -0.2) is 0 Å². The van der Waals surface area contributed by atoms with E-state index in [1.54, 1.807) is 17.6 Å². The van der Waals surface area contributed by atoms with E-state index in [-0.39, 0.29) is 4.83 Å². The first-order chi connectivity index (χ1) is 7.08. The van der Waals surface area contributed by atoms with Gasteiger partial charge in [-0.1, -0.05) is 27.5 Å². The first-order valence-electron chi connectivity index (χ1n) is 4.21. The van der Waals surface area contributed by atoms with E-state index in [0.717, 1.165) is 25.0 Å². The van der Waals surface area contributed by atoms with Gasteiger partial charge in [-0.2, -0.15) is 0 Å². The quantitative estimate of drug-likeness (QED) is 0.632. The fourth-order valence-electron chi connectivity index (χ4n) is 1.25. The van der Waals surface area contributed by atoms with Crippen molar-refractivity contribution < 1.29 is 4.42 Å². The lowest BCUT2D eigenvalue weighted by Crippen LogP contribution is -1.85. The molecule has 0 aliphatic carbocycles. The molecule has 0 radical (unpaired) electrons. The van der Waals surface area contributed by atoms with Crippen LogP contribution in [0.5, 0.6) is 0 Å². The molecule has 2 heterocycles. The van der Waals surface area contributed by atoms with Crippen molar-refractivity contribution >= 4 is 54.8 Å². The lowest BCUT2D eigenvalue weighted by atomic mass is 10.2. The Balaban J connectivity index is 2.31. The molecular formula is C10H7Br2ClOS. The van der Waals surface area contributed by atoms with Crippen molar-refractivity contribution in [3.63, 3.8) is 0 Å². The molecule has 1 atom stereocenters. The van der Waals surface area contributed by atoms with Crippen LogP contribution in [0, 0.1) is 6.92 Å². The summed E-state index contributed by atoms with van der Waals surface area (Å²) in [7, 11) is 0.